The molecule has 0 spiro atoms. The van der Waals surface area contributed by atoms with Crippen LogP contribution in [0.5, 0.6) is 0 Å². The highest BCUT2D eigenvalue weighted by atomic mass is 16.2. The molecule has 0 saturated heterocycles. The van der Waals surface area contributed by atoms with Gasteiger partial charge in [-0.1, -0.05) is 60.7 Å². The van der Waals surface area contributed by atoms with Crippen LogP contribution in [-0.2, 0) is 9.59 Å². The van der Waals surface area contributed by atoms with E-state index in [4.69, 9.17) is 5.73 Å². The predicted molar refractivity (Wildman–Crippen MR) is 129 cm³/mol. The van der Waals surface area contributed by atoms with Crippen molar-refractivity contribution in [3.63, 3.8) is 0 Å². The Balaban J connectivity index is 1.72. The molecule has 0 saturated carbocycles. The van der Waals surface area contributed by atoms with Crippen LogP contribution in [0.1, 0.15) is 45.2 Å². The first-order valence-corrected chi connectivity index (χ1v) is 10.8. The second-order valence-corrected chi connectivity index (χ2v) is 7.57. The van der Waals surface area contributed by atoms with Gasteiger partial charge in [0.1, 0.15) is 0 Å². The van der Waals surface area contributed by atoms with Crippen LogP contribution in [0.2, 0.25) is 0 Å². The molecule has 3 aromatic carbocycles. The van der Waals surface area contributed by atoms with Gasteiger partial charge in [-0.2, -0.15) is 0 Å². The molecule has 0 fully saturated rings. The van der Waals surface area contributed by atoms with Gasteiger partial charge in [0.05, 0.1) is 23.7 Å². The normalized spacial score (nSPS) is 11.2. The Hall–Kier alpha value is -4.46. The van der Waals surface area contributed by atoms with E-state index in [0.29, 0.717) is 11.3 Å². The molecule has 5 N–H and O–H groups in total. The monoisotopic (exact) mass is 458 g/mol. The molecule has 3 aromatic rings. The zero-order valence-electron chi connectivity index (χ0n) is 18.5. The van der Waals surface area contributed by atoms with Crippen LogP contribution in [0.15, 0.2) is 84.9 Å². The highest BCUT2D eigenvalue weighted by Gasteiger charge is 2.20. The number of carbonyl (C=O) groups excluding carboxylic acids is 4. The lowest BCUT2D eigenvalue weighted by molar-refractivity contribution is -0.118. The Morgan fingerprint density at radius 2 is 1.38 bits per heavy atom. The second kappa shape index (κ2) is 12.0. The van der Waals surface area contributed by atoms with Gasteiger partial charge in [0, 0.05) is 18.5 Å². The molecular weight excluding hydrogens is 432 g/mol. The van der Waals surface area contributed by atoms with Crippen molar-refractivity contribution in [1.82, 2.24) is 10.6 Å². The first-order valence-electron chi connectivity index (χ1n) is 10.8. The van der Waals surface area contributed by atoms with Gasteiger partial charge in [0.15, 0.2) is 0 Å². The number of nitrogens with two attached hydrogens (primary N) is 1. The summed E-state index contributed by atoms with van der Waals surface area (Å²) in [5.41, 5.74) is 6.95. The van der Waals surface area contributed by atoms with Gasteiger partial charge in [0.2, 0.25) is 11.8 Å². The van der Waals surface area contributed by atoms with E-state index in [1.54, 1.807) is 48.5 Å². The smallest absolute Gasteiger partial charge is 0.253 e. The molecule has 0 aromatic heterocycles. The number of carbonyl (C=O) groups is 4. The summed E-state index contributed by atoms with van der Waals surface area (Å²) in [4.78, 5) is 49.1. The molecule has 0 aliphatic rings. The highest BCUT2D eigenvalue weighted by molar-refractivity contribution is 6.04. The van der Waals surface area contributed by atoms with E-state index in [-0.39, 0.29) is 36.8 Å². The van der Waals surface area contributed by atoms with Crippen LogP contribution in [0.4, 0.5) is 5.69 Å². The first-order chi connectivity index (χ1) is 16.4. The number of anilines is 1. The number of rotatable bonds is 10. The van der Waals surface area contributed by atoms with Crippen LogP contribution in [0.3, 0.4) is 0 Å². The largest absolute Gasteiger partial charge is 0.370 e. The van der Waals surface area contributed by atoms with Gasteiger partial charge < -0.3 is 21.7 Å². The number of benzene rings is 3. The molecule has 1 unspecified atom stereocenters. The summed E-state index contributed by atoms with van der Waals surface area (Å²) in [5, 5.41) is 8.29. The van der Waals surface area contributed by atoms with E-state index in [0.717, 1.165) is 5.56 Å². The van der Waals surface area contributed by atoms with E-state index in [1.807, 2.05) is 36.4 Å². The van der Waals surface area contributed by atoms with Crippen LogP contribution in [0.25, 0.3) is 0 Å². The van der Waals surface area contributed by atoms with Crippen molar-refractivity contribution in [2.24, 2.45) is 5.73 Å². The molecule has 0 aliphatic heterocycles. The molecule has 0 heterocycles. The summed E-state index contributed by atoms with van der Waals surface area (Å²) in [7, 11) is 0. The SMILES string of the molecule is NC(=O)CCNC(=O)c1ccccc1NC(=O)CC(NC(=O)c1ccccc1)c1ccccc1. The van der Waals surface area contributed by atoms with E-state index in [9.17, 15) is 19.2 Å². The zero-order valence-corrected chi connectivity index (χ0v) is 18.5. The summed E-state index contributed by atoms with van der Waals surface area (Å²) in [5.74, 6) is -1.63. The van der Waals surface area contributed by atoms with E-state index >= 15 is 0 Å². The molecular formula is C26H26N4O4. The number of hydrogen-bond donors (Lipinski definition) is 4. The lowest BCUT2D eigenvalue weighted by Gasteiger charge is -2.20. The minimum Gasteiger partial charge on any atom is -0.370 e. The van der Waals surface area contributed by atoms with Crippen molar-refractivity contribution in [2.75, 3.05) is 11.9 Å². The summed E-state index contributed by atoms with van der Waals surface area (Å²) >= 11 is 0. The maximum absolute atomic E-state index is 12.9. The number of hydrogen-bond acceptors (Lipinski definition) is 4. The summed E-state index contributed by atoms with van der Waals surface area (Å²) < 4.78 is 0. The number of primary amides is 1. The average molecular weight is 459 g/mol. The summed E-state index contributed by atoms with van der Waals surface area (Å²) in [6, 6.07) is 23.9. The topological polar surface area (TPSA) is 130 Å². The molecule has 1 atom stereocenters. The van der Waals surface area contributed by atoms with Crippen molar-refractivity contribution in [2.45, 2.75) is 18.9 Å². The molecule has 8 heteroatoms. The zero-order chi connectivity index (χ0) is 24.3. The molecule has 174 valence electrons. The van der Waals surface area contributed by atoms with Crippen molar-refractivity contribution in [3.05, 3.63) is 102 Å². The first kappa shape index (κ1) is 24.2. The van der Waals surface area contributed by atoms with Gasteiger partial charge in [-0.15, -0.1) is 0 Å². The van der Waals surface area contributed by atoms with Crippen molar-refractivity contribution in [3.8, 4) is 0 Å². The molecule has 4 amide bonds. The van der Waals surface area contributed by atoms with Gasteiger partial charge in [-0.3, -0.25) is 19.2 Å². The molecule has 34 heavy (non-hydrogen) atoms. The van der Waals surface area contributed by atoms with Crippen LogP contribution < -0.4 is 21.7 Å². The summed E-state index contributed by atoms with van der Waals surface area (Å²) in [6.45, 7) is 0.0953. The molecule has 0 radical (unpaired) electrons. The fraction of sp³-hybridized carbons (Fsp3) is 0.154. The van der Waals surface area contributed by atoms with Crippen LogP contribution >= 0.6 is 0 Å². The third-order valence-corrected chi connectivity index (χ3v) is 5.04. The Morgan fingerprint density at radius 3 is 2.06 bits per heavy atom. The van der Waals surface area contributed by atoms with E-state index in [2.05, 4.69) is 16.0 Å². The van der Waals surface area contributed by atoms with Crippen molar-refractivity contribution >= 4 is 29.3 Å². The molecule has 0 aliphatic carbocycles. The lowest BCUT2D eigenvalue weighted by atomic mass is 10.0. The van der Waals surface area contributed by atoms with Crippen molar-refractivity contribution < 1.29 is 19.2 Å². The van der Waals surface area contributed by atoms with E-state index < -0.39 is 17.9 Å². The Morgan fingerprint density at radius 1 is 0.765 bits per heavy atom. The van der Waals surface area contributed by atoms with Gasteiger partial charge in [-0.25, -0.2) is 0 Å². The lowest BCUT2D eigenvalue weighted by Crippen LogP contribution is -2.32. The standard InChI is InChI=1S/C26H26N4O4/c27-23(31)15-16-28-26(34)20-13-7-8-14-21(20)29-24(32)17-22(18-9-3-1-4-10-18)30-25(33)19-11-5-2-6-12-19/h1-14,22H,15-17H2,(H2,27,31)(H,28,34)(H,29,32)(H,30,33). The summed E-state index contributed by atoms with van der Waals surface area (Å²) in [6.07, 6.45) is -0.0274. The fourth-order valence-corrected chi connectivity index (χ4v) is 3.34. The third kappa shape index (κ3) is 7.03. The van der Waals surface area contributed by atoms with Crippen LogP contribution in [0, 0.1) is 0 Å². The van der Waals surface area contributed by atoms with Gasteiger partial charge in [0.25, 0.3) is 11.8 Å². The Labute approximate surface area is 197 Å². The van der Waals surface area contributed by atoms with Crippen LogP contribution in [-0.4, -0.2) is 30.2 Å². The maximum Gasteiger partial charge on any atom is 0.253 e. The minimum atomic E-state index is -0.578. The van der Waals surface area contributed by atoms with Gasteiger partial charge >= 0.3 is 0 Å². The maximum atomic E-state index is 12.9. The number of amides is 4. The number of para-hydroxylation sites is 1. The Kier molecular flexibility index (Phi) is 8.51. The van der Waals surface area contributed by atoms with Gasteiger partial charge in [-0.05, 0) is 29.8 Å². The highest BCUT2D eigenvalue weighted by Crippen LogP contribution is 2.20. The van der Waals surface area contributed by atoms with Crippen molar-refractivity contribution in [1.29, 1.82) is 0 Å². The second-order valence-electron chi connectivity index (χ2n) is 7.57. The molecule has 8 nitrogen and oxygen atoms in total. The third-order valence-electron chi connectivity index (χ3n) is 5.04. The number of nitrogens with one attached hydrogen (secondary N) is 3. The van der Waals surface area contributed by atoms with E-state index in [1.165, 1.54) is 0 Å². The minimum absolute atomic E-state index is 0.0140. The quantitative estimate of drug-likeness (QED) is 0.372. The average Bonchev–Trinajstić information content (AvgIpc) is 2.84. The fourth-order valence-electron chi connectivity index (χ4n) is 3.34. The molecule has 0 bridgehead atoms. The Bertz CT molecular complexity index is 1150. The molecule has 3 rings (SSSR count). The predicted octanol–water partition coefficient (Wildman–Crippen LogP) is 2.79.